The molecule has 5 heteroatoms. The molecule has 0 aliphatic heterocycles. The van der Waals surface area contributed by atoms with Crippen LogP contribution in [-0.2, 0) is 0 Å². The quantitative estimate of drug-likeness (QED) is 0.643. The molecule has 3 aromatic rings. The number of nitrogens with zero attached hydrogens (tertiary/aromatic N) is 3. The fraction of sp³-hybridized carbons (Fsp3) is 0. The summed E-state index contributed by atoms with van der Waals surface area (Å²) in [4.78, 5) is 4.51. The average Bonchev–Trinajstić information content (AvgIpc) is 2.82. The molecule has 0 saturated heterocycles. The number of thiazole rings is 1. The van der Waals surface area contributed by atoms with Gasteiger partial charge >= 0.3 is 0 Å². The number of para-hydroxylation sites is 1. The number of fused-ring (bicyclic) bond motifs is 1. The van der Waals surface area contributed by atoms with E-state index in [4.69, 9.17) is 0 Å². The van der Waals surface area contributed by atoms with Crippen molar-refractivity contribution in [3.05, 3.63) is 40.2 Å². The molecule has 0 fully saturated rings. The second-order valence-corrected chi connectivity index (χ2v) is 5.32. The van der Waals surface area contributed by atoms with Crippen molar-refractivity contribution in [2.45, 2.75) is 0 Å². The summed E-state index contributed by atoms with van der Waals surface area (Å²) in [6.07, 6.45) is 3.80. The van der Waals surface area contributed by atoms with Gasteiger partial charge in [-0.2, -0.15) is 5.10 Å². The SMILES string of the molecule is Ic1cnn(-c2nc3ccccc3s2)c1. The molecule has 0 unspecified atom stereocenters. The number of benzene rings is 1. The van der Waals surface area contributed by atoms with E-state index in [-0.39, 0.29) is 0 Å². The van der Waals surface area contributed by atoms with Crippen molar-refractivity contribution in [3.8, 4) is 5.13 Å². The Morgan fingerprint density at radius 1 is 1.27 bits per heavy atom. The standard InChI is InChI=1S/C10H6IN3S/c11-7-5-12-14(6-7)10-13-8-3-1-2-4-9(8)15-10/h1-6H. The van der Waals surface area contributed by atoms with Crippen molar-refractivity contribution in [1.82, 2.24) is 14.8 Å². The summed E-state index contributed by atoms with van der Waals surface area (Å²) < 4.78 is 4.12. The van der Waals surface area contributed by atoms with Crippen molar-refractivity contribution in [2.75, 3.05) is 0 Å². The number of aromatic nitrogens is 3. The first-order valence-corrected chi connectivity index (χ1v) is 6.28. The van der Waals surface area contributed by atoms with Crippen LogP contribution in [-0.4, -0.2) is 14.8 Å². The fourth-order valence-corrected chi connectivity index (χ4v) is 2.65. The van der Waals surface area contributed by atoms with E-state index in [1.807, 2.05) is 35.3 Å². The molecule has 3 nitrogen and oxygen atoms in total. The van der Waals surface area contributed by atoms with Crippen molar-refractivity contribution in [2.24, 2.45) is 0 Å². The lowest BCUT2D eigenvalue weighted by atomic mass is 10.3. The Morgan fingerprint density at radius 3 is 2.87 bits per heavy atom. The molecule has 0 spiro atoms. The minimum Gasteiger partial charge on any atom is -0.218 e. The summed E-state index contributed by atoms with van der Waals surface area (Å²) in [5, 5.41) is 5.15. The highest BCUT2D eigenvalue weighted by Gasteiger charge is 2.05. The lowest BCUT2D eigenvalue weighted by Crippen LogP contribution is -1.91. The maximum Gasteiger partial charge on any atom is 0.211 e. The topological polar surface area (TPSA) is 30.7 Å². The van der Waals surface area contributed by atoms with Gasteiger partial charge in [0.2, 0.25) is 5.13 Å². The van der Waals surface area contributed by atoms with Gasteiger partial charge in [-0.25, -0.2) is 9.67 Å². The van der Waals surface area contributed by atoms with Crippen LogP contribution in [0.1, 0.15) is 0 Å². The molecule has 0 atom stereocenters. The Kier molecular flexibility index (Phi) is 2.21. The minimum atomic E-state index is 0.916. The Hall–Kier alpha value is -0.950. The zero-order chi connectivity index (χ0) is 10.3. The average molecular weight is 327 g/mol. The van der Waals surface area contributed by atoms with E-state index >= 15 is 0 Å². The predicted molar refractivity (Wildman–Crippen MR) is 69.5 cm³/mol. The third-order valence-electron chi connectivity index (χ3n) is 2.03. The Balaban J connectivity index is 2.19. The zero-order valence-corrected chi connectivity index (χ0v) is 10.6. The van der Waals surface area contributed by atoms with Crippen LogP contribution in [0.3, 0.4) is 0 Å². The van der Waals surface area contributed by atoms with Crippen LogP contribution in [0.2, 0.25) is 0 Å². The molecular weight excluding hydrogens is 321 g/mol. The number of halogens is 1. The van der Waals surface area contributed by atoms with Crippen molar-refractivity contribution in [3.63, 3.8) is 0 Å². The molecule has 74 valence electrons. The first-order chi connectivity index (χ1) is 7.33. The van der Waals surface area contributed by atoms with E-state index in [1.54, 1.807) is 11.3 Å². The molecule has 0 radical (unpaired) electrons. The molecule has 2 aromatic heterocycles. The molecule has 0 bridgehead atoms. The van der Waals surface area contributed by atoms with Gasteiger partial charge in [0.05, 0.1) is 20.0 Å². The van der Waals surface area contributed by atoms with Crippen molar-refractivity contribution < 1.29 is 0 Å². The molecule has 1 aromatic carbocycles. The highest BCUT2D eigenvalue weighted by atomic mass is 127. The second kappa shape index (κ2) is 3.57. The third kappa shape index (κ3) is 1.65. The van der Waals surface area contributed by atoms with Gasteiger partial charge in [0.15, 0.2) is 0 Å². The number of hydrogen-bond donors (Lipinski definition) is 0. The van der Waals surface area contributed by atoms with E-state index in [2.05, 4.69) is 38.7 Å². The van der Waals surface area contributed by atoms with Gasteiger partial charge < -0.3 is 0 Å². The van der Waals surface area contributed by atoms with Crippen molar-refractivity contribution >= 4 is 44.1 Å². The summed E-state index contributed by atoms with van der Waals surface area (Å²) in [6, 6.07) is 8.12. The van der Waals surface area contributed by atoms with Crippen LogP contribution in [0, 0.1) is 3.57 Å². The van der Waals surface area contributed by atoms with Gasteiger partial charge in [-0.3, -0.25) is 0 Å². The van der Waals surface area contributed by atoms with E-state index in [0.29, 0.717) is 0 Å². The van der Waals surface area contributed by atoms with Gasteiger partial charge in [-0.1, -0.05) is 23.5 Å². The molecule has 0 aliphatic carbocycles. The Labute approximate surface area is 104 Å². The van der Waals surface area contributed by atoms with E-state index in [9.17, 15) is 0 Å². The maximum atomic E-state index is 4.51. The first kappa shape index (κ1) is 9.29. The number of rotatable bonds is 1. The highest BCUT2D eigenvalue weighted by molar-refractivity contribution is 14.1. The van der Waals surface area contributed by atoms with Crippen molar-refractivity contribution in [1.29, 1.82) is 0 Å². The monoisotopic (exact) mass is 327 g/mol. The second-order valence-electron chi connectivity index (χ2n) is 3.07. The molecule has 0 amide bonds. The molecule has 3 rings (SSSR count). The van der Waals surface area contributed by atoms with Crippen LogP contribution >= 0.6 is 33.9 Å². The minimum absolute atomic E-state index is 0.916. The van der Waals surface area contributed by atoms with Crippen LogP contribution < -0.4 is 0 Å². The summed E-state index contributed by atoms with van der Waals surface area (Å²) in [6.45, 7) is 0. The highest BCUT2D eigenvalue weighted by Crippen LogP contribution is 2.24. The largest absolute Gasteiger partial charge is 0.218 e. The molecule has 0 aliphatic rings. The van der Waals surface area contributed by atoms with Crippen LogP contribution in [0.15, 0.2) is 36.7 Å². The van der Waals surface area contributed by atoms with Gasteiger partial charge in [-0.15, -0.1) is 0 Å². The smallest absolute Gasteiger partial charge is 0.211 e. The fourth-order valence-electron chi connectivity index (χ4n) is 1.36. The summed E-state index contributed by atoms with van der Waals surface area (Å²) >= 11 is 3.89. The molecular formula is C10H6IN3S. The van der Waals surface area contributed by atoms with E-state index in [0.717, 1.165) is 14.2 Å². The Bertz CT molecular complexity index is 581. The first-order valence-electron chi connectivity index (χ1n) is 4.39. The van der Waals surface area contributed by atoms with Gasteiger partial charge in [0.1, 0.15) is 0 Å². The van der Waals surface area contributed by atoms with Gasteiger partial charge in [-0.05, 0) is 34.7 Å². The Morgan fingerprint density at radius 2 is 2.13 bits per heavy atom. The van der Waals surface area contributed by atoms with Crippen LogP contribution in [0.5, 0.6) is 0 Å². The van der Waals surface area contributed by atoms with E-state index < -0.39 is 0 Å². The zero-order valence-electron chi connectivity index (χ0n) is 7.59. The summed E-state index contributed by atoms with van der Waals surface area (Å²) in [5.74, 6) is 0. The van der Waals surface area contributed by atoms with Gasteiger partial charge in [0.25, 0.3) is 0 Å². The predicted octanol–water partition coefficient (Wildman–Crippen LogP) is 3.09. The van der Waals surface area contributed by atoms with Gasteiger partial charge in [0, 0.05) is 6.20 Å². The van der Waals surface area contributed by atoms with E-state index in [1.165, 1.54) is 4.70 Å². The molecule has 0 saturated carbocycles. The number of hydrogen-bond acceptors (Lipinski definition) is 3. The lowest BCUT2D eigenvalue weighted by Gasteiger charge is -1.90. The lowest BCUT2D eigenvalue weighted by molar-refractivity contribution is 0.873. The van der Waals surface area contributed by atoms with Crippen LogP contribution in [0.4, 0.5) is 0 Å². The summed E-state index contributed by atoms with van der Waals surface area (Å²) in [7, 11) is 0. The normalized spacial score (nSPS) is 11.0. The van der Waals surface area contributed by atoms with Crippen LogP contribution in [0.25, 0.3) is 15.3 Å². The summed E-state index contributed by atoms with van der Waals surface area (Å²) in [5.41, 5.74) is 1.03. The third-order valence-corrected chi connectivity index (χ3v) is 3.61. The molecule has 2 heterocycles. The molecule has 15 heavy (non-hydrogen) atoms. The maximum absolute atomic E-state index is 4.51. The molecule has 0 N–H and O–H groups in total.